The zero-order valence-electron chi connectivity index (χ0n) is 10.1. The van der Waals surface area contributed by atoms with Gasteiger partial charge in [0.2, 0.25) is 5.28 Å². The van der Waals surface area contributed by atoms with E-state index < -0.39 is 17.6 Å². The highest BCUT2D eigenvalue weighted by Crippen LogP contribution is 2.34. The molecule has 0 saturated carbocycles. The van der Waals surface area contributed by atoms with E-state index in [4.69, 9.17) is 17.3 Å². The molecule has 1 aromatic heterocycles. The second-order valence-corrected chi connectivity index (χ2v) is 4.29. The molecule has 2 aromatic rings. The summed E-state index contributed by atoms with van der Waals surface area (Å²) >= 11 is 5.57. The van der Waals surface area contributed by atoms with Crippen molar-refractivity contribution < 1.29 is 22.4 Å². The number of carbonyl (C=O) groups is 1. The number of nitrogen functional groups attached to an aromatic ring is 1. The molecule has 0 unspecified atom stereocenters. The van der Waals surface area contributed by atoms with Gasteiger partial charge in [-0.1, -0.05) is 0 Å². The first-order chi connectivity index (χ1) is 9.74. The Labute approximate surface area is 120 Å². The minimum absolute atomic E-state index is 0.247. The average molecular weight is 320 g/mol. The molecule has 0 amide bonds. The molecular formula is C12H6ClF4N3O. The first kappa shape index (κ1) is 15.2. The summed E-state index contributed by atoms with van der Waals surface area (Å²) in [5, 5.41) is -0.374. The Morgan fingerprint density at radius 1 is 1.24 bits per heavy atom. The van der Waals surface area contributed by atoms with Crippen LogP contribution in [0.1, 0.15) is 16.1 Å². The number of halogens is 5. The van der Waals surface area contributed by atoms with Crippen molar-refractivity contribution >= 4 is 23.6 Å². The lowest BCUT2D eigenvalue weighted by atomic mass is 10.1. The van der Waals surface area contributed by atoms with Gasteiger partial charge in [-0.15, -0.1) is 0 Å². The normalized spacial score (nSPS) is 11.5. The van der Waals surface area contributed by atoms with Gasteiger partial charge in [-0.2, -0.15) is 13.2 Å². The molecule has 0 spiro atoms. The third-order valence-corrected chi connectivity index (χ3v) is 2.78. The van der Waals surface area contributed by atoms with E-state index in [0.717, 1.165) is 6.07 Å². The van der Waals surface area contributed by atoms with Gasteiger partial charge in [0, 0.05) is 5.56 Å². The van der Waals surface area contributed by atoms with Crippen molar-refractivity contribution in [3.8, 4) is 11.3 Å². The second kappa shape index (κ2) is 5.28. The van der Waals surface area contributed by atoms with Crippen molar-refractivity contribution in [3.63, 3.8) is 0 Å². The molecule has 0 atom stereocenters. The minimum Gasteiger partial charge on any atom is -0.395 e. The maximum Gasteiger partial charge on any atom is 0.416 e. The summed E-state index contributed by atoms with van der Waals surface area (Å²) in [6, 6.07) is 1.85. The van der Waals surface area contributed by atoms with E-state index in [-0.39, 0.29) is 34.2 Å². The molecule has 0 aliphatic heterocycles. The lowest BCUT2D eigenvalue weighted by Crippen LogP contribution is -2.07. The Kier molecular flexibility index (Phi) is 3.82. The molecule has 21 heavy (non-hydrogen) atoms. The molecule has 0 aliphatic rings. The summed E-state index contributed by atoms with van der Waals surface area (Å²) in [4.78, 5) is 17.9. The number of alkyl halides is 3. The summed E-state index contributed by atoms with van der Waals surface area (Å²) < 4.78 is 51.3. The van der Waals surface area contributed by atoms with Crippen molar-refractivity contribution in [1.29, 1.82) is 0 Å². The van der Waals surface area contributed by atoms with Crippen LogP contribution in [0, 0.1) is 5.82 Å². The number of hydrogen-bond acceptors (Lipinski definition) is 4. The smallest absolute Gasteiger partial charge is 0.395 e. The largest absolute Gasteiger partial charge is 0.416 e. The van der Waals surface area contributed by atoms with Crippen LogP contribution in [0.4, 0.5) is 23.2 Å². The molecule has 4 nitrogen and oxygen atoms in total. The van der Waals surface area contributed by atoms with E-state index in [1.165, 1.54) is 0 Å². The van der Waals surface area contributed by atoms with Crippen LogP contribution < -0.4 is 5.73 Å². The summed E-state index contributed by atoms with van der Waals surface area (Å²) in [5.41, 5.74) is 3.33. The highest BCUT2D eigenvalue weighted by molar-refractivity contribution is 6.28. The maximum absolute atomic E-state index is 13.9. The summed E-state index contributed by atoms with van der Waals surface area (Å²) in [6.07, 6.45) is -4.39. The van der Waals surface area contributed by atoms with E-state index in [2.05, 4.69) is 9.97 Å². The molecule has 2 N–H and O–H groups in total. The number of aldehydes is 1. The van der Waals surface area contributed by atoms with Gasteiger partial charge in [0.25, 0.3) is 0 Å². The van der Waals surface area contributed by atoms with Crippen LogP contribution in [0.25, 0.3) is 11.3 Å². The Morgan fingerprint density at radius 2 is 1.90 bits per heavy atom. The van der Waals surface area contributed by atoms with Gasteiger partial charge >= 0.3 is 6.18 Å². The molecular weight excluding hydrogens is 314 g/mol. The topological polar surface area (TPSA) is 68.9 Å². The average Bonchev–Trinajstić information content (AvgIpc) is 2.40. The Morgan fingerprint density at radius 3 is 2.43 bits per heavy atom. The second-order valence-electron chi connectivity index (χ2n) is 3.95. The fourth-order valence-electron chi connectivity index (χ4n) is 1.64. The van der Waals surface area contributed by atoms with Gasteiger partial charge in [-0.3, -0.25) is 4.79 Å². The highest BCUT2D eigenvalue weighted by Gasteiger charge is 2.31. The Hall–Kier alpha value is -2.22. The molecule has 2 rings (SSSR count). The predicted molar refractivity (Wildman–Crippen MR) is 67.2 cm³/mol. The van der Waals surface area contributed by atoms with Crippen LogP contribution in [-0.2, 0) is 6.18 Å². The van der Waals surface area contributed by atoms with Crippen molar-refractivity contribution in [2.24, 2.45) is 0 Å². The van der Waals surface area contributed by atoms with E-state index in [9.17, 15) is 22.4 Å². The monoisotopic (exact) mass is 319 g/mol. The summed E-state index contributed by atoms with van der Waals surface area (Å²) in [5.74, 6) is -1.19. The molecule has 0 radical (unpaired) electrons. The summed E-state index contributed by atoms with van der Waals surface area (Å²) in [7, 11) is 0. The first-order valence-corrected chi connectivity index (χ1v) is 5.77. The van der Waals surface area contributed by atoms with Gasteiger partial charge in [-0.05, 0) is 29.8 Å². The number of carbonyl (C=O) groups excluding carboxylic acids is 1. The minimum atomic E-state index is -4.68. The quantitative estimate of drug-likeness (QED) is 0.523. The van der Waals surface area contributed by atoms with Gasteiger partial charge in [-0.25, -0.2) is 14.4 Å². The van der Waals surface area contributed by atoms with Crippen LogP contribution in [-0.4, -0.2) is 16.3 Å². The lowest BCUT2D eigenvalue weighted by Gasteiger charge is -2.11. The number of nitrogens with two attached hydrogens (primary N) is 1. The predicted octanol–water partition coefficient (Wildman–Crippen LogP) is 3.35. The maximum atomic E-state index is 13.9. The van der Waals surface area contributed by atoms with Crippen LogP contribution in [0.15, 0.2) is 18.2 Å². The van der Waals surface area contributed by atoms with Crippen LogP contribution >= 0.6 is 11.6 Å². The molecule has 9 heteroatoms. The van der Waals surface area contributed by atoms with E-state index in [1.54, 1.807) is 0 Å². The molecule has 0 fully saturated rings. The first-order valence-electron chi connectivity index (χ1n) is 5.39. The molecule has 1 heterocycles. The fourth-order valence-corrected chi connectivity index (χ4v) is 1.81. The zero-order chi connectivity index (χ0) is 15.8. The molecule has 0 saturated heterocycles. The van der Waals surface area contributed by atoms with Crippen LogP contribution in [0.2, 0.25) is 5.28 Å². The zero-order valence-corrected chi connectivity index (χ0v) is 10.8. The van der Waals surface area contributed by atoms with Gasteiger partial charge in [0.15, 0.2) is 6.29 Å². The molecule has 1 aromatic carbocycles. The van der Waals surface area contributed by atoms with Gasteiger partial charge in [0.1, 0.15) is 17.2 Å². The Balaban J connectivity index is 2.63. The van der Waals surface area contributed by atoms with E-state index in [0.29, 0.717) is 12.1 Å². The van der Waals surface area contributed by atoms with Crippen LogP contribution in [0.5, 0.6) is 0 Å². The van der Waals surface area contributed by atoms with Crippen molar-refractivity contribution in [1.82, 2.24) is 9.97 Å². The number of benzene rings is 1. The third kappa shape index (κ3) is 2.94. The molecule has 0 bridgehead atoms. The van der Waals surface area contributed by atoms with Gasteiger partial charge in [0.05, 0.1) is 11.3 Å². The van der Waals surface area contributed by atoms with Crippen molar-refractivity contribution in [2.45, 2.75) is 6.18 Å². The third-order valence-electron chi connectivity index (χ3n) is 2.61. The Bertz CT molecular complexity index is 718. The van der Waals surface area contributed by atoms with Crippen molar-refractivity contribution in [3.05, 3.63) is 40.6 Å². The number of nitrogens with zero attached hydrogens (tertiary/aromatic N) is 2. The fraction of sp³-hybridized carbons (Fsp3) is 0.0833. The van der Waals surface area contributed by atoms with Crippen molar-refractivity contribution in [2.75, 3.05) is 5.73 Å². The summed E-state index contributed by atoms with van der Waals surface area (Å²) in [6.45, 7) is 0. The molecule has 0 aliphatic carbocycles. The lowest BCUT2D eigenvalue weighted by molar-refractivity contribution is -0.137. The van der Waals surface area contributed by atoms with Gasteiger partial charge < -0.3 is 5.73 Å². The molecule has 110 valence electrons. The highest BCUT2D eigenvalue weighted by atomic mass is 35.5. The van der Waals surface area contributed by atoms with E-state index >= 15 is 0 Å². The van der Waals surface area contributed by atoms with Crippen LogP contribution in [0.3, 0.4) is 0 Å². The number of hydrogen-bond donors (Lipinski definition) is 1. The number of anilines is 1. The standard InChI is InChI=1S/C12H6ClF4N3O/c13-11-19-8(4-21)9(18)10(20-11)6-2-1-5(3-7(6)14)12(15,16)17/h1-4H,18H2. The number of rotatable bonds is 2. The van der Waals surface area contributed by atoms with E-state index in [1.807, 2.05) is 0 Å². The SMILES string of the molecule is Nc1c(C=O)nc(Cl)nc1-c1ccc(C(F)(F)F)cc1F. The number of aromatic nitrogens is 2.